The quantitative estimate of drug-likeness (QED) is 0.0505. The van der Waals surface area contributed by atoms with E-state index in [1.165, 1.54) is 12.7 Å². The third-order valence-electron chi connectivity index (χ3n) is 9.73. The molecule has 2 aromatic carbocycles. The van der Waals surface area contributed by atoms with Crippen LogP contribution in [0.5, 0.6) is 23.3 Å². The number of hydrogen-bond donors (Lipinski definition) is 6. The van der Waals surface area contributed by atoms with Gasteiger partial charge in [0.1, 0.15) is 79.6 Å². The Morgan fingerprint density at radius 3 is 1.76 bits per heavy atom. The monoisotopic (exact) mass is 950 g/mol. The molecule has 0 atom stereocenters. The summed E-state index contributed by atoms with van der Waals surface area (Å²) in [6, 6.07) is 22.0. The summed E-state index contributed by atoms with van der Waals surface area (Å²) in [5.41, 5.74) is 4.10. The standard InChI is InChI=1S/C23H22ClN7O4.C21H22ClN7O3/c24-17-11-15(4-5-18(17)35-12-16-3-1-2-6-25-16)28-21-20-22(27-14-26-21)29-30-23(20)34-10-8-31-7-9-33-13-19(31)32;22-16-11-14(4-5-17(16)32-12-15-3-1-2-6-24-15)27-19-18-20(26-13-25-19)28-29-21(18)31-10-8-23-7-9-30/h1-6,11,14H,7-10,12-13H2,(H2,26,27,28,29,30);1-6,11,13,23,30H,7-10,12H2,(H2,25,26,27,28,29). The van der Waals surface area contributed by atoms with E-state index in [1.807, 2.05) is 48.5 Å². The molecule has 8 aromatic rings. The van der Waals surface area contributed by atoms with E-state index in [0.717, 1.165) is 17.1 Å². The average Bonchev–Trinajstić information content (AvgIpc) is 3.98. The first-order valence-corrected chi connectivity index (χ1v) is 21.7. The lowest BCUT2D eigenvalue weighted by Crippen LogP contribution is -2.43. The summed E-state index contributed by atoms with van der Waals surface area (Å²) in [6.07, 6.45) is 6.29. The number of halogens is 2. The zero-order chi connectivity index (χ0) is 46.2. The van der Waals surface area contributed by atoms with Crippen LogP contribution in [0.15, 0.2) is 97.8 Å². The number of amides is 1. The van der Waals surface area contributed by atoms with Crippen molar-refractivity contribution >= 4 is 74.2 Å². The molecule has 1 fully saturated rings. The van der Waals surface area contributed by atoms with Gasteiger partial charge < -0.3 is 49.6 Å². The van der Waals surface area contributed by atoms with Gasteiger partial charge in [-0.1, -0.05) is 35.3 Å². The number of aromatic nitrogens is 10. The van der Waals surface area contributed by atoms with Crippen LogP contribution in [0.4, 0.5) is 23.0 Å². The Kier molecular flexibility index (Phi) is 15.9. The molecule has 23 heteroatoms. The predicted octanol–water partition coefficient (Wildman–Crippen LogP) is 5.65. The number of aliphatic hydroxyl groups is 1. The Morgan fingerprint density at radius 2 is 1.25 bits per heavy atom. The van der Waals surface area contributed by atoms with Crippen molar-refractivity contribution in [1.29, 1.82) is 0 Å². The van der Waals surface area contributed by atoms with Crippen LogP contribution in [0.25, 0.3) is 22.1 Å². The van der Waals surface area contributed by atoms with E-state index < -0.39 is 0 Å². The second-order valence-corrected chi connectivity index (χ2v) is 15.1. The molecule has 21 nitrogen and oxygen atoms in total. The number of hydrogen-bond acceptors (Lipinski definition) is 18. The van der Waals surface area contributed by atoms with Gasteiger partial charge >= 0.3 is 0 Å². The van der Waals surface area contributed by atoms with Gasteiger partial charge in [-0.2, -0.15) is 0 Å². The largest absolute Gasteiger partial charge is 0.486 e. The number of anilines is 4. The zero-order valence-corrected chi connectivity index (χ0v) is 37.2. The molecule has 9 rings (SSSR count). The summed E-state index contributed by atoms with van der Waals surface area (Å²) < 4.78 is 28.3. The highest BCUT2D eigenvalue weighted by Gasteiger charge is 2.20. The molecule has 346 valence electrons. The van der Waals surface area contributed by atoms with Crippen LogP contribution in [0, 0.1) is 0 Å². The molecule has 1 amide bonds. The molecule has 0 unspecified atom stereocenters. The van der Waals surface area contributed by atoms with Crippen LogP contribution < -0.4 is 34.9 Å². The number of carbonyl (C=O) groups excluding carboxylic acids is 1. The van der Waals surface area contributed by atoms with E-state index in [-0.39, 0.29) is 25.7 Å². The Hall–Kier alpha value is -7.43. The third kappa shape index (κ3) is 12.5. The summed E-state index contributed by atoms with van der Waals surface area (Å²) in [5.74, 6) is 2.79. The molecule has 0 spiro atoms. The van der Waals surface area contributed by atoms with Gasteiger partial charge in [0.25, 0.3) is 0 Å². The Bertz CT molecular complexity index is 2860. The maximum Gasteiger partial charge on any atom is 0.248 e. The lowest BCUT2D eigenvalue weighted by atomic mass is 10.3. The van der Waals surface area contributed by atoms with Crippen LogP contribution in [-0.2, 0) is 22.7 Å². The molecule has 0 aliphatic carbocycles. The molecule has 0 saturated carbocycles. The van der Waals surface area contributed by atoms with E-state index in [2.05, 4.69) is 66.2 Å². The van der Waals surface area contributed by atoms with Crippen LogP contribution in [-0.4, -0.2) is 125 Å². The van der Waals surface area contributed by atoms with Gasteiger partial charge in [-0.05, 0) is 60.7 Å². The molecule has 6 N–H and O–H groups in total. The van der Waals surface area contributed by atoms with E-state index in [1.54, 1.807) is 41.6 Å². The molecule has 0 bridgehead atoms. The summed E-state index contributed by atoms with van der Waals surface area (Å²) in [4.78, 5) is 39.2. The molecule has 67 heavy (non-hydrogen) atoms. The lowest BCUT2D eigenvalue weighted by molar-refractivity contribution is -0.143. The van der Waals surface area contributed by atoms with Crippen molar-refractivity contribution < 1.29 is 33.6 Å². The SMILES string of the molecule is O=C1COCCN1CCOc1n[nH]c2ncnc(Nc3ccc(OCc4ccccn4)c(Cl)c3)c12.OCCNCCOc1n[nH]c2ncnc(Nc3ccc(OCc4ccccn4)c(Cl)c3)c12. The first-order valence-electron chi connectivity index (χ1n) is 20.9. The van der Waals surface area contributed by atoms with E-state index in [0.29, 0.717) is 125 Å². The van der Waals surface area contributed by atoms with Crippen molar-refractivity contribution in [2.75, 3.05) is 69.8 Å². The number of carbonyl (C=O) groups is 1. The second kappa shape index (κ2) is 23.2. The van der Waals surface area contributed by atoms with E-state index >= 15 is 0 Å². The van der Waals surface area contributed by atoms with Crippen molar-refractivity contribution in [3.63, 3.8) is 0 Å². The average molecular weight is 952 g/mol. The van der Waals surface area contributed by atoms with Crippen molar-refractivity contribution in [3.8, 4) is 23.3 Å². The molecule has 1 saturated heterocycles. The van der Waals surface area contributed by atoms with Crippen molar-refractivity contribution in [3.05, 3.63) is 119 Å². The Balaban J connectivity index is 0.000000182. The van der Waals surface area contributed by atoms with Crippen LogP contribution in [0.1, 0.15) is 11.4 Å². The summed E-state index contributed by atoms with van der Waals surface area (Å²) in [5, 5.41) is 34.5. The topological polar surface area (TPSA) is 257 Å². The summed E-state index contributed by atoms with van der Waals surface area (Å²) in [7, 11) is 0. The van der Waals surface area contributed by atoms with Crippen LogP contribution in [0.3, 0.4) is 0 Å². The first-order chi connectivity index (χ1) is 32.9. The number of benzene rings is 2. The van der Waals surface area contributed by atoms with Crippen LogP contribution >= 0.6 is 23.2 Å². The minimum Gasteiger partial charge on any atom is -0.486 e. The molecule has 0 radical (unpaired) electrons. The number of nitrogens with zero attached hydrogens (tertiary/aromatic N) is 9. The minimum absolute atomic E-state index is 0.0539. The molecule has 1 aliphatic rings. The Labute approximate surface area is 392 Å². The van der Waals surface area contributed by atoms with Gasteiger partial charge in [-0.15, -0.1) is 10.2 Å². The highest BCUT2D eigenvalue weighted by molar-refractivity contribution is 6.32. The van der Waals surface area contributed by atoms with Gasteiger partial charge in [0.05, 0.1) is 41.2 Å². The fourth-order valence-corrected chi connectivity index (χ4v) is 6.93. The van der Waals surface area contributed by atoms with Crippen molar-refractivity contribution in [1.82, 2.24) is 60.5 Å². The van der Waals surface area contributed by atoms with Crippen molar-refractivity contribution in [2.45, 2.75) is 13.2 Å². The highest BCUT2D eigenvalue weighted by atomic mass is 35.5. The summed E-state index contributed by atoms with van der Waals surface area (Å²) in [6.45, 7) is 4.03. The Morgan fingerprint density at radius 1 is 0.687 bits per heavy atom. The van der Waals surface area contributed by atoms with Gasteiger partial charge in [-0.3, -0.25) is 25.0 Å². The first kappa shape index (κ1) is 46.1. The number of ether oxygens (including phenoxy) is 5. The van der Waals surface area contributed by atoms with E-state index in [9.17, 15) is 4.79 Å². The molecular formula is C44H44Cl2N14O7. The normalized spacial score (nSPS) is 12.4. The number of H-pyrrole nitrogens is 2. The smallest absolute Gasteiger partial charge is 0.248 e. The van der Waals surface area contributed by atoms with Crippen molar-refractivity contribution in [2.24, 2.45) is 0 Å². The second-order valence-electron chi connectivity index (χ2n) is 14.3. The zero-order valence-electron chi connectivity index (χ0n) is 35.7. The van der Waals surface area contributed by atoms with Gasteiger partial charge in [-0.25, -0.2) is 19.9 Å². The number of morpholine rings is 1. The van der Waals surface area contributed by atoms with Gasteiger partial charge in [0.15, 0.2) is 11.3 Å². The molecule has 6 aromatic heterocycles. The maximum absolute atomic E-state index is 11.9. The highest BCUT2D eigenvalue weighted by Crippen LogP contribution is 2.35. The number of rotatable bonds is 20. The molecule has 7 heterocycles. The minimum atomic E-state index is -0.0539. The number of pyridine rings is 2. The summed E-state index contributed by atoms with van der Waals surface area (Å²) >= 11 is 12.9. The number of aliphatic hydroxyl groups excluding tert-OH is 1. The lowest BCUT2D eigenvalue weighted by Gasteiger charge is -2.26. The van der Waals surface area contributed by atoms with Crippen LogP contribution in [0.2, 0.25) is 10.0 Å². The van der Waals surface area contributed by atoms with Gasteiger partial charge in [0, 0.05) is 43.4 Å². The van der Waals surface area contributed by atoms with E-state index in [4.69, 9.17) is 52.0 Å². The molecular weight excluding hydrogens is 907 g/mol. The number of nitrogens with one attached hydrogen (secondary N) is 5. The fourth-order valence-electron chi connectivity index (χ4n) is 6.46. The fraction of sp³-hybridized carbons (Fsp3) is 0.250. The number of aromatic amines is 2. The predicted molar refractivity (Wildman–Crippen MR) is 248 cm³/mol. The maximum atomic E-state index is 11.9. The number of fused-ring (bicyclic) bond motifs is 2. The van der Waals surface area contributed by atoms with Gasteiger partial charge in [0.2, 0.25) is 17.7 Å². The third-order valence-corrected chi connectivity index (χ3v) is 10.3. The molecule has 1 aliphatic heterocycles.